The Bertz CT molecular complexity index is 797. The molecule has 0 saturated heterocycles. The predicted molar refractivity (Wildman–Crippen MR) is 84.5 cm³/mol. The number of hydrogen-bond donors (Lipinski definition) is 1. The van der Waals surface area contributed by atoms with Crippen molar-refractivity contribution in [2.75, 3.05) is 5.32 Å². The summed E-state index contributed by atoms with van der Waals surface area (Å²) in [7, 11) is 0. The first-order valence-corrected chi connectivity index (χ1v) is 7.13. The zero-order valence-electron chi connectivity index (χ0n) is 12.5. The molecular weight excluding hydrogens is 278 g/mol. The van der Waals surface area contributed by atoms with Crippen molar-refractivity contribution < 1.29 is 4.79 Å². The number of aryl methyl sites for hydroxylation is 1. The number of pyridine rings is 1. The molecule has 3 rings (SSSR count). The first-order chi connectivity index (χ1) is 10.6. The van der Waals surface area contributed by atoms with Gasteiger partial charge in [0, 0.05) is 18.0 Å². The maximum Gasteiger partial charge on any atom is 0.226 e. The largest absolute Gasteiger partial charge is 0.325 e. The van der Waals surface area contributed by atoms with Gasteiger partial charge in [-0.25, -0.2) is 9.67 Å². The van der Waals surface area contributed by atoms with E-state index in [0.717, 1.165) is 22.2 Å². The van der Waals surface area contributed by atoms with Gasteiger partial charge in [-0.15, -0.1) is 0 Å². The van der Waals surface area contributed by atoms with Gasteiger partial charge in [-0.05, 0) is 37.6 Å². The van der Waals surface area contributed by atoms with Crippen LogP contribution in [0.3, 0.4) is 0 Å². The third-order valence-corrected chi connectivity index (χ3v) is 3.61. The fraction of sp³-hybridized carbons (Fsp3) is 0.250. The molecule has 2 heterocycles. The van der Waals surface area contributed by atoms with Crippen molar-refractivity contribution in [3.05, 3.63) is 48.7 Å². The van der Waals surface area contributed by atoms with E-state index in [9.17, 15) is 4.79 Å². The molecule has 1 unspecified atom stereocenters. The van der Waals surface area contributed by atoms with Crippen LogP contribution in [0.25, 0.3) is 10.9 Å². The van der Waals surface area contributed by atoms with Crippen LogP contribution in [-0.4, -0.2) is 25.7 Å². The average molecular weight is 295 g/mol. The van der Waals surface area contributed by atoms with Crippen molar-refractivity contribution in [2.45, 2.75) is 26.3 Å². The van der Waals surface area contributed by atoms with Crippen LogP contribution in [0, 0.1) is 6.92 Å². The topological polar surface area (TPSA) is 72.7 Å². The Morgan fingerprint density at radius 1 is 1.36 bits per heavy atom. The Balaban J connectivity index is 1.78. The summed E-state index contributed by atoms with van der Waals surface area (Å²) >= 11 is 0. The number of rotatable bonds is 4. The van der Waals surface area contributed by atoms with Crippen molar-refractivity contribution in [1.29, 1.82) is 0 Å². The van der Waals surface area contributed by atoms with Crippen molar-refractivity contribution in [3.8, 4) is 0 Å². The first-order valence-electron chi connectivity index (χ1n) is 7.13. The normalized spacial score (nSPS) is 12.3. The van der Waals surface area contributed by atoms with Gasteiger partial charge < -0.3 is 5.32 Å². The summed E-state index contributed by atoms with van der Waals surface area (Å²) in [6.07, 6.45) is 5.17. The van der Waals surface area contributed by atoms with Crippen LogP contribution in [0.4, 0.5) is 5.69 Å². The number of aromatic nitrogens is 4. The van der Waals surface area contributed by atoms with E-state index in [0.29, 0.717) is 6.42 Å². The minimum absolute atomic E-state index is 0.0441. The van der Waals surface area contributed by atoms with E-state index in [4.69, 9.17) is 0 Å². The SMILES string of the molecule is Cc1ccc(NC(=O)CC(C)n2cncn2)c2cccnc12. The molecule has 0 saturated carbocycles. The van der Waals surface area contributed by atoms with Gasteiger partial charge in [0.25, 0.3) is 0 Å². The number of carbonyl (C=O) groups is 1. The van der Waals surface area contributed by atoms with Crippen molar-refractivity contribution in [3.63, 3.8) is 0 Å². The molecule has 0 radical (unpaired) electrons. The molecule has 6 nitrogen and oxygen atoms in total. The number of fused-ring (bicyclic) bond motifs is 1. The lowest BCUT2D eigenvalue weighted by molar-refractivity contribution is -0.116. The highest BCUT2D eigenvalue weighted by Gasteiger charge is 2.13. The van der Waals surface area contributed by atoms with Gasteiger partial charge in [-0.3, -0.25) is 9.78 Å². The molecular formula is C16H17N5O. The fourth-order valence-electron chi connectivity index (χ4n) is 2.43. The second-order valence-corrected chi connectivity index (χ2v) is 5.31. The summed E-state index contributed by atoms with van der Waals surface area (Å²) in [6, 6.07) is 7.67. The third-order valence-electron chi connectivity index (χ3n) is 3.61. The standard InChI is InChI=1S/C16H17N5O/c1-11-5-6-14(13-4-3-7-18-16(11)13)20-15(22)8-12(2)21-10-17-9-19-21/h3-7,9-10,12H,8H2,1-2H3,(H,20,22). The summed E-state index contributed by atoms with van der Waals surface area (Å²) in [5.41, 5.74) is 2.78. The van der Waals surface area contributed by atoms with Crippen molar-refractivity contribution in [1.82, 2.24) is 19.7 Å². The number of carbonyl (C=O) groups excluding carboxylic acids is 1. The van der Waals surface area contributed by atoms with E-state index in [-0.39, 0.29) is 11.9 Å². The number of benzene rings is 1. The molecule has 1 amide bonds. The molecule has 0 bridgehead atoms. The molecule has 0 aliphatic carbocycles. The summed E-state index contributed by atoms with van der Waals surface area (Å²) in [5, 5.41) is 7.97. The highest BCUT2D eigenvalue weighted by atomic mass is 16.1. The quantitative estimate of drug-likeness (QED) is 0.803. The highest BCUT2D eigenvalue weighted by molar-refractivity contribution is 6.01. The van der Waals surface area contributed by atoms with E-state index in [1.165, 1.54) is 6.33 Å². The molecule has 1 atom stereocenters. The lowest BCUT2D eigenvalue weighted by Gasteiger charge is -2.13. The molecule has 0 fully saturated rings. The molecule has 0 aliphatic rings. The van der Waals surface area contributed by atoms with Crippen molar-refractivity contribution >= 4 is 22.5 Å². The number of amides is 1. The van der Waals surface area contributed by atoms with Crippen LogP contribution in [0.5, 0.6) is 0 Å². The van der Waals surface area contributed by atoms with Gasteiger partial charge in [0.2, 0.25) is 5.91 Å². The maximum atomic E-state index is 12.3. The second kappa shape index (κ2) is 5.93. The van der Waals surface area contributed by atoms with E-state index in [1.54, 1.807) is 17.2 Å². The minimum Gasteiger partial charge on any atom is -0.325 e. The van der Waals surface area contributed by atoms with Gasteiger partial charge in [-0.1, -0.05) is 6.07 Å². The fourth-order valence-corrected chi connectivity index (χ4v) is 2.43. The number of anilines is 1. The third kappa shape index (κ3) is 2.81. The molecule has 1 N–H and O–H groups in total. The monoisotopic (exact) mass is 295 g/mol. The predicted octanol–water partition coefficient (Wildman–Crippen LogP) is 2.72. The van der Waals surface area contributed by atoms with E-state index in [1.807, 2.05) is 38.1 Å². The van der Waals surface area contributed by atoms with Gasteiger partial charge in [0.15, 0.2) is 0 Å². The highest BCUT2D eigenvalue weighted by Crippen LogP contribution is 2.25. The second-order valence-electron chi connectivity index (χ2n) is 5.31. The van der Waals surface area contributed by atoms with Gasteiger partial charge in [0.05, 0.1) is 17.2 Å². The minimum atomic E-state index is -0.0583. The Morgan fingerprint density at radius 2 is 2.23 bits per heavy atom. The zero-order valence-corrected chi connectivity index (χ0v) is 12.5. The molecule has 3 aromatic rings. The van der Waals surface area contributed by atoms with E-state index >= 15 is 0 Å². The summed E-state index contributed by atoms with van der Waals surface area (Å²) in [4.78, 5) is 20.5. The van der Waals surface area contributed by atoms with Crippen LogP contribution < -0.4 is 5.32 Å². The van der Waals surface area contributed by atoms with Gasteiger partial charge in [0.1, 0.15) is 12.7 Å². The molecule has 1 aromatic carbocycles. The molecule has 2 aromatic heterocycles. The first kappa shape index (κ1) is 14.2. The van der Waals surface area contributed by atoms with Crippen LogP contribution in [-0.2, 0) is 4.79 Å². The Hall–Kier alpha value is -2.76. The van der Waals surface area contributed by atoms with Crippen LogP contribution >= 0.6 is 0 Å². The van der Waals surface area contributed by atoms with E-state index in [2.05, 4.69) is 20.4 Å². The summed E-state index contributed by atoms with van der Waals surface area (Å²) in [5.74, 6) is -0.0583. The molecule has 22 heavy (non-hydrogen) atoms. The molecule has 6 heteroatoms. The number of nitrogens with one attached hydrogen (secondary N) is 1. The number of nitrogens with zero attached hydrogens (tertiary/aromatic N) is 4. The maximum absolute atomic E-state index is 12.3. The Kier molecular flexibility index (Phi) is 3.82. The van der Waals surface area contributed by atoms with Crippen LogP contribution in [0.2, 0.25) is 0 Å². The smallest absolute Gasteiger partial charge is 0.226 e. The lowest BCUT2D eigenvalue weighted by Crippen LogP contribution is -2.18. The average Bonchev–Trinajstić information content (AvgIpc) is 3.05. The molecule has 112 valence electrons. The Morgan fingerprint density at radius 3 is 3.00 bits per heavy atom. The Labute approximate surface area is 128 Å². The van der Waals surface area contributed by atoms with Crippen molar-refractivity contribution in [2.24, 2.45) is 0 Å². The van der Waals surface area contributed by atoms with E-state index < -0.39 is 0 Å². The van der Waals surface area contributed by atoms with Gasteiger partial charge in [-0.2, -0.15) is 5.10 Å². The number of hydrogen-bond acceptors (Lipinski definition) is 4. The summed E-state index contributed by atoms with van der Waals surface area (Å²) < 4.78 is 1.67. The van der Waals surface area contributed by atoms with Crippen LogP contribution in [0.1, 0.15) is 24.9 Å². The molecule has 0 aliphatic heterocycles. The van der Waals surface area contributed by atoms with Gasteiger partial charge >= 0.3 is 0 Å². The van der Waals surface area contributed by atoms with Crippen LogP contribution in [0.15, 0.2) is 43.1 Å². The molecule has 0 spiro atoms. The zero-order chi connectivity index (χ0) is 15.5. The summed E-state index contributed by atoms with van der Waals surface area (Å²) in [6.45, 7) is 3.94. The lowest BCUT2D eigenvalue weighted by atomic mass is 10.1.